The van der Waals surface area contributed by atoms with E-state index in [9.17, 15) is 9.59 Å². The molecular weight excluding hydrogens is 346 g/mol. The molecule has 0 radical (unpaired) electrons. The highest BCUT2D eigenvalue weighted by molar-refractivity contribution is 5.96. The zero-order chi connectivity index (χ0) is 19.8. The number of benzene rings is 1. The molecule has 1 aliphatic rings. The van der Waals surface area contributed by atoms with Crippen molar-refractivity contribution < 1.29 is 14.3 Å². The summed E-state index contributed by atoms with van der Waals surface area (Å²) in [7, 11) is 0. The highest BCUT2D eigenvalue weighted by Crippen LogP contribution is 2.25. The Morgan fingerprint density at radius 2 is 2.07 bits per heavy atom. The van der Waals surface area contributed by atoms with Gasteiger partial charge >= 0.3 is 6.09 Å². The maximum Gasteiger partial charge on any atom is 0.410 e. The molecule has 146 valence electrons. The molecule has 0 unspecified atom stereocenters. The van der Waals surface area contributed by atoms with E-state index in [0.29, 0.717) is 42.6 Å². The van der Waals surface area contributed by atoms with Crippen LogP contribution in [0, 0.1) is 5.92 Å². The van der Waals surface area contributed by atoms with E-state index in [-0.39, 0.29) is 6.09 Å². The van der Waals surface area contributed by atoms with Gasteiger partial charge in [-0.1, -0.05) is 0 Å². The number of rotatable bonds is 4. The van der Waals surface area contributed by atoms with Crippen LogP contribution >= 0.6 is 0 Å². The van der Waals surface area contributed by atoms with Crippen molar-refractivity contribution in [3.63, 3.8) is 0 Å². The number of fused-ring (bicyclic) bond motifs is 1. The van der Waals surface area contributed by atoms with Crippen LogP contribution in [0.25, 0.3) is 11.0 Å². The van der Waals surface area contributed by atoms with Crippen LogP contribution in [0.3, 0.4) is 0 Å². The standard InChI is InChI=1S/C19H27N5O3/c1-19(2,3)27-18(26)23-8-6-12(11-23)7-9-24-15-5-4-13(16(20)25)10-14(15)22-17(24)21/h4-5,10,12H,6-9,11H2,1-3H3,(H2,20,25)(H2,21,22)/t12-/m1/s1. The minimum absolute atomic E-state index is 0.253. The van der Waals surface area contributed by atoms with Crippen molar-refractivity contribution >= 4 is 29.0 Å². The normalized spacial score (nSPS) is 17.4. The molecule has 1 fully saturated rings. The zero-order valence-electron chi connectivity index (χ0n) is 16.1. The fraction of sp³-hybridized carbons (Fsp3) is 0.526. The summed E-state index contributed by atoms with van der Waals surface area (Å²) in [6, 6.07) is 5.16. The Morgan fingerprint density at radius 3 is 2.74 bits per heavy atom. The number of carbonyl (C=O) groups is 2. The van der Waals surface area contributed by atoms with Gasteiger partial charge < -0.3 is 25.7 Å². The molecule has 3 rings (SSSR count). The van der Waals surface area contributed by atoms with Gasteiger partial charge in [0.05, 0.1) is 11.0 Å². The molecule has 0 spiro atoms. The fourth-order valence-electron chi connectivity index (χ4n) is 3.41. The number of amides is 2. The summed E-state index contributed by atoms with van der Waals surface area (Å²) in [5, 5.41) is 0. The number of aryl methyl sites for hydroxylation is 1. The van der Waals surface area contributed by atoms with Gasteiger partial charge in [0.1, 0.15) is 5.60 Å². The summed E-state index contributed by atoms with van der Waals surface area (Å²) in [5.41, 5.74) is 12.8. The lowest BCUT2D eigenvalue weighted by molar-refractivity contribution is 0.0287. The number of nitrogens with zero attached hydrogens (tertiary/aromatic N) is 3. The third-order valence-corrected chi connectivity index (χ3v) is 4.76. The first-order valence-corrected chi connectivity index (χ1v) is 9.17. The molecule has 1 atom stereocenters. The number of ether oxygens (including phenoxy) is 1. The lowest BCUT2D eigenvalue weighted by atomic mass is 10.1. The zero-order valence-corrected chi connectivity index (χ0v) is 16.1. The first-order valence-electron chi connectivity index (χ1n) is 9.17. The Hall–Kier alpha value is -2.77. The van der Waals surface area contributed by atoms with Gasteiger partial charge in [0.2, 0.25) is 11.9 Å². The summed E-state index contributed by atoms with van der Waals surface area (Å²) in [6.45, 7) is 7.71. The van der Waals surface area contributed by atoms with Crippen LogP contribution in [0.1, 0.15) is 44.0 Å². The number of nitrogens with two attached hydrogens (primary N) is 2. The van der Waals surface area contributed by atoms with Crippen LogP contribution in [0.5, 0.6) is 0 Å². The molecular formula is C19H27N5O3. The van der Waals surface area contributed by atoms with E-state index in [1.54, 1.807) is 17.0 Å². The second-order valence-corrected chi connectivity index (χ2v) is 8.06. The van der Waals surface area contributed by atoms with Gasteiger partial charge in [-0.25, -0.2) is 9.78 Å². The SMILES string of the molecule is CC(C)(C)OC(=O)N1CC[C@H](CCn2c(N)nc3cc(C(N)=O)ccc32)C1. The number of nitrogen functional groups attached to an aromatic ring is 1. The van der Waals surface area contributed by atoms with Gasteiger partial charge in [-0.2, -0.15) is 0 Å². The Balaban J connectivity index is 1.63. The molecule has 2 amide bonds. The van der Waals surface area contributed by atoms with Gasteiger partial charge in [-0.05, 0) is 57.7 Å². The molecule has 0 saturated carbocycles. The monoisotopic (exact) mass is 373 g/mol. The van der Waals surface area contributed by atoms with Crippen LogP contribution in [-0.4, -0.2) is 45.1 Å². The predicted molar refractivity (Wildman–Crippen MR) is 103 cm³/mol. The second-order valence-electron chi connectivity index (χ2n) is 8.06. The Bertz CT molecular complexity index is 868. The Kier molecular flexibility index (Phi) is 4.99. The van der Waals surface area contributed by atoms with Crippen LogP contribution in [-0.2, 0) is 11.3 Å². The molecule has 2 aromatic rings. The van der Waals surface area contributed by atoms with Crippen molar-refractivity contribution in [2.45, 2.75) is 45.8 Å². The van der Waals surface area contributed by atoms with Crippen LogP contribution in [0.15, 0.2) is 18.2 Å². The van der Waals surface area contributed by atoms with Gasteiger partial charge in [0.25, 0.3) is 0 Å². The van der Waals surface area contributed by atoms with Gasteiger partial charge in [-0.15, -0.1) is 0 Å². The van der Waals surface area contributed by atoms with Crippen molar-refractivity contribution in [3.05, 3.63) is 23.8 Å². The quantitative estimate of drug-likeness (QED) is 0.853. The number of likely N-dealkylation sites (tertiary alicyclic amines) is 1. The summed E-state index contributed by atoms with van der Waals surface area (Å²) in [6.07, 6.45) is 1.57. The lowest BCUT2D eigenvalue weighted by Gasteiger charge is -2.24. The summed E-state index contributed by atoms with van der Waals surface area (Å²) < 4.78 is 7.38. The molecule has 1 aromatic carbocycles. The van der Waals surface area contributed by atoms with E-state index in [4.69, 9.17) is 16.2 Å². The Labute approximate surface area is 158 Å². The second kappa shape index (κ2) is 7.09. The molecule has 0 aliphatic carbocycles. The number of aromatic nitrogens is 2. The molecule has 8 heteroatoms. The number of primary amides is 1. The molecule has 8 nitrogen and oxygen atoms in total. The minimum atomic E-state index is -0.488. The third-order valence-electron chi connectivity index (χ3n) is 4.76. The molecule has 27 heavy (non-hydrogen) atoms. The maximum absolute atomic E-state index is 12.2. The molecule has 2 heterocycles. The van der Waals surface area contributed by atoms with E-state index in [1.165, 1.54) is 0 Å². The molecule has 4 N–H and O–H groups in total. The fourth-order valence-corrected chi connectivity index (χ4v) is 3.41. The number of hydrogen-bond acceptors (Lipinski definition) is 5. The molecule has 1 saturated heterocycles. The molecule has 0 bridgehead atoms. The Morgan fingerprint density at radius 1 is 1.33 bits per heavy atom. The highest BCUT2D eigenvalue weighted by Gasteiger charge is 2.29. The van der Waals surface area contributed by atoms with Gasteiger partial charge in [-0.3, -0.25) is 4.79 Å². The predicted octanol–water partition coefficient (Wildman–Crippen LogP) is 2.36. The van der Waals surface area contributed by atoms with E-state index in [2.05, 4.69) is 4.98 Å². The van der Waals surface area contributed by atoms with Crippen molar-refractivity contribution in [2.75, 3.05) is 18.8 Å². The summed E-state index contributed by atoms with van der Waals surface area (Å²) in [5.74, 6) is 0.311. The van der Waals surface area contributed by atoms with Gasteiger partial charge in [0.15, 0.2) is 0 Å². The number of carbonyl (C=O) groups excluding carboxylic acids is 2. The summed E-state index contributed by atoms with van der Waals surface area (Å²) in [4.78, 5) is 29.6. The largest absolute Gasteiger partial charge is 0.444 e. The van der Waals surface area contributed by atoms with Crippen molar-refractivity contribution in [2.24, 2.45) is 11.7 Å². The average molecular weight is 373 g/mol. The molecule has 1 aliphatic heterocycles. The van der Waals surface area contributed by atoms with E-state index in [1.807, 2.05) is 31.4 Å². The van der Waals surface area contributed by atoms with E-state index < -0.39 is 11.5 Å². The number of imidazole rings is 1. The smallest absolute Gasteiger partial charge is 0.410 e. The minimum Gasteiger partial charge on any atom is -0.444 e. The number of anilines is 1. The van der Waals surface area contributed by atoms with Crippen molar-refractivity contribution in [1.82, 2.24) is 14.5 Å². The van der Waals surface area contributed by atoms with Crippen LogP contribution in [0.2, 0.25) is 0 Å². The lowest BCUT2D eigenvalue weighted by Crippen LogP contribution is -2.35. The van der Waals surface area contributed by atoms with E-state index >= 15 is 0 Å². The first-order chi connectivity index (χ1) is 12.6. The average Bonchev–Trinajstić information content (AvgIpc) is 3.14. The van der Waals surface area contributed by atoms with Crippen molar-refractivity contribution in [3.8, 4) is 0 Å². The first kappa shape index (κ1) is 19.0. The summed E-state index contributed by atoms with van der Waals surface area (Å²) >= 11 is 0. The van der Waals surface area contributed by atoms with E-state index in [0.717, 1.165) is 18.4 Å². The van der Waals surface area contributed by atoms with Gasteiger partial charge in [0, 0.05) is 25.2 Å². The maximum atomic E-state index is 12.2. The third kappa shape index (κ3) is 4.32. The highest BCUT2D eigenvalue weighted by atomic mass is 16.6. The number of hydrogen-bond donors (Lipinski definition) is 2. The molecule has 1 aromatic heterocycles. The van der Waals surface area contributed by atoms with Crippen molar-refractivity contribution in [1.29, 1.82) is 0 Å². The van der Waals surface area contributed by atoms with Crippen LogP contribution < -0.4 is 11.5 Å². The topological polar surface area (TPSA) is 116 Å². The van der Waals surface area contributed by atoms with Crippen LogP contribution in [0.4, 0.5) is 10.7 Å².